The van der Waals surface area contributed by atoms with Gasteiger partial charge in [-0.25, -0.2) is 0 Å². The Balaban J connectivity index is 2.27. The van der Waals surface area contributed by atoms with E-state index in [0.717, 1.165) is 13.0 Å². The second-order valence-corrected chi connectivity index (χ2v) is 4.36. The average Bonchev–Trinajstić information content (AvgIpc) is 2.84. The van der Waals surface area contributed by atoms with Crippen molar-refractivity contribution in [3.05, 3.63) is 0 Å². The quantitative estimate of drug-likeness (QED) is 0.488. The van der Waals surface area contributed by atoms with Crippen LogP contribution in [0.5, 0.6) is 0 Å². The minimum atomic E-state index is 0.588. The molecule has 0 bridgehead atoms. The fourth-order valence-corrected chi connectivity index (χ4v) is 1.90. The van der Waals surface area contributed by atoms with Gasteiger partial charge >= 0.3 is 0 Å². The zero-order chi connectivity index (χ0) is 9.73. The number of hydrogen-bond acceptors (Lipinski definition) is 1. The molecule has 1 N–H and O–H groups in total. The highest BCUT2D eigenvalue weighted by atomic mass is 14.9. The monoisotopic (exact) mass is 179 g/mol. The van der Waals surface area contributed by atoms with Gasteiger partial charge in [0.25, 0.3) is 0 Å². The SMILES string of the molecule is C#CCCCC(NCC)C1(C)CC1. The highest BCUT2D eigenvalue weighted by molar-refractivity contribution is 4.99. The van der Waals surface area contributed by atoms with Gasteiger partial charge in [0.1, 0.15) is 0 Å². The summed E-state index contributed by atoms with van der Waals surface area (Å²) in [5, 5.41) is 3.58. The summed E-state index contributed by atoms with van der Waals surface area (Å²) in [7, 11) is 0. The lowest BCUT2D eigenvalue weighted by Gasteiger charge is -2.24. The third-order valence-corrected chi connectivity index (χ3v) is 3.14. The summed E-state index contributed by atoms with van der Waals surface area (Å²) in [6, 6.07) is 0.700. The van der Waals surface area contributed by atoms with E-state index in [0.29, 0.717) is 11.5 Å². The van der Waals surface area contributed by atoms with E-state index in [9.17, 15) is 0 Å². The average molecular weight is 179 g/mol. The molecule has 1 fully saturated rings. The summed E-state index contributed by atoms with van der Waals surface area (Å²) in [4.78, 5) is 0. The largest absolute Gasteiger partial charge is 0.314 e. The van der Waals surface area contributed by atoms with Crippen LogP contribution in [-0.4, -0.2) is 12.6 Å². The fourth-order valence-electron chi connectivity index (χ4n) is 1.90. The molecule has 1 aliphatic rings. The number of terminal acetylenes is 1. The number of nitrogens with one attached hydrogen (secondary N) is 1. The van der Waals surface area contributed by atoms with Crippen LogP contribution >= 0.6 is 0 Å². The van der Waals surface area contributed by atoms with Crippen LogP contribution in [-0.2, 0) is 0 Å². The van der Waals surface area contributed by atoms with E-state index in [4.69, 9.17) is 6.42 Å². The highest BCUT2D eigenvalue weighted by Crippen LogP contribution is 2.49. The van der Waals surface area contributed by atoms with Crippen molar-refractivity contribution in [1.29, 1.82) is 0 Å². The Morgan fingerprint density at radius 1 is 1.54 bits per heavy atom. The van der Waals surface area contributed by atoms with Gasteiger partial charge in [-0.1, -0.05) is 13.8 Å². The van der Waals surface area contributed by atoms with Crippen molar-refractivity contribution in [2.75, 3.05) is 6.54 Å². The Kier molecular flexibility index (Phi) is 3.81. The second-order valence-electron chi connectivity index (χ2n) is 4.36. The zero-order valence-electron chi connectivity index (χ0n) is 8.90. The molecule has 1 heteroatoms. The number of unbranched alkanes of at least 4 members (excludes halogenated alkanes) is 1. The lowest BCUT2D eigenvalue weighted by Crippen LogP contribution is -2.35. The molecule has 0 amide bonds. The van der Waals surface area contributed by atoms with E-state index in [-0.39, 0.29) is 0 Å². The molecule has 0 aliphatic heterocycles. The summed E-state index contributed by atoms with van der Waals surface area (Å²) in [6.45, 7) is 5.65. The lowest BCUT2D eigenvalue weighted by molar-refractivity contribution is 0.338. The van der Waals surface area contributed by atoms with Crippen LogP contribution in [0.15, 0.2) is 0 Å². The standard InChI is InChI=1S/C12H21N/c1-4-6-7-8-11(13-5-2)12(3)9-10-12/h1,11,13H,5-10H2,2-3H3. The van der Waals surface area contributed by atoms with Crippen LogP contribution in [0.4, 0.5) is 0 Å². The normalized spacial score (nSPS) is 20.7. The molecule has 1 aliphatic carbocycles. The van der Waals surface area contributed by atoms with Crippen molar-refractivity contribution in [2.45, 2.75) is 52.0 Å². The van der Waals surface area contributed by atoms with Gasteiger partial charge in [0, 0.05) is 12.5 Å². The third-order valence-electron chi connectivity index (χ3n) is 3.14. The Bertz CT molecular complexity index is 186. The Labute approximate surface area is 82.3 Å². The second kappa shape index (κ2) is 4.67. The van der Waals surface area contributed by atoms with Crippen molar-refractivity contribution in [2.24, 2.45) is 5.41 Å². The molecule has 1 unspecified atom stereocenters. The van der Waals surface area contributed by atoms with Gasteiger partial charge in [-0.3, -0.25) is 0 Å². The molecular formula is C12H21N. The van der Waals surface area contributed by atoms with Gasteiger partial charge in [-0.2, -0.15) is 0 Å². The van der Waals surface area contributed by atoms with E-state index in [1.54, 1.807) is 0 Å². The van der Waals surface area contributed by atoms with Gasteiger partial charge in [-0.05, 0) is 37.6 Å². The highest BCUT2D eigenvalue weighted by Gasteiger charge is 2.43. The Hall–Kier alpha value is -0.480. The molecule has 0 spiro atoms. The molecule has 0 aromatic heterocycles. The van der Waals surface area contributed by atoms with E-state index in [1.165, 1.54) is 25.7 Å². The molecule has 74 valence electrons. The van der Waals surface area contributed by atoms with E-state index < -0.39 is 0 Å². The van der Waals surface area contributed by atoms with Crippen molar-refractivity contribution < 1.29 is 0 Å². The molecule has 0 heterocycles. The van der Waals surface area contributed by atoms with E-state index >= 15 is 0 Å². The molecular weight excluding hydrogens is 158 g/mol. The topological polar surface area (TPSA) is 12.0 Å². The molecule has 1 saturated carbocycles. The molecule has 0 radical (unpaired) electrons. The van der Waals surface area contributed by atoms with Crippen LogP contribution in [0.2, 0.25) is 0 Å². The Morgan fingerprint density at radius 3 is 2.69 bits per heavy atom. The van der Waals surface area contributed by atoms with Gasteiger partial charge in [0.15, 0.2) is 0 Å². The maximum absolute atomic E-state index is 5.24. The first-order chi connectivity index (χ1) is 6.23. The zero-order valence-corrected chi connectivity index (χ0v) is 8.90. The van der Waals surface area contributed by atoms with Crippen LogP contribution in [0.3, 0.4) is 0 Å². The minimum absolute atomic E-state index is 0.588. The third kappa shape index (κ3) is 3.04. The molecule has 1 rings (SSSR count). The number of rotatable bonds is 6. The minimum Gasteiger partial charge on any atom is -0.314 e. The van der Waals surface area contributed by atoms with Crippen LogP contribution in [0.25, 0.3) is 0 Å². The van der Waals surface area contributed by atoms with Gasteiger partial charge in [0.05, 0.1) is 0 Å². The molecule has 1 atom stereocenters. The van der Waals surface area contributed by atoms with Crippen LogP contribution < -0.4 is 5.32 Å². The van der Waals surface area contributed by atoms with Gasteiger partial charge in [-0.15, -0.1) is 12.3 Å². The van der Waals surface area contributed by atoms with Crippen molar-refractivity contribution >= 4 is 0 Å². The first-order valence-corrected chi connectivity index (χ1v) is 5.40. The van der Waals surface area contributed by atoms with Crippen LogP contribution in [0, 0.1) is 17.8 Å². The van der Waals surface area contributed by atoms with Gasteiger partial charge < -0.3 is 5.32 Å². The lowest BCUT2D eigenvalue weighted by atomic mass is 9.94. The molecule has 13 heavy (non-hydrogen) atoms. The molecule has 0 saturated heterocycles. The summed E-state index contributed by atoms with van der Waals surface area (Å²) >= 11 is 0. The maximum atomic E-state index is 5.24. The smallest absolute Gasteiger partial charge is 0.0121 e. The predicted octanol–water partition coefficient (Wildman–Crippen LogP) is 2.57. The van der Waals surface area contributed by atoms with E-state index in [2.05, 4.69) is 25.1 Å². The molecule has 1 nitrogen and oxygen atoms in total. The van der Waals surface area contributed by atoms with Gasteiger partial charge in [0.2, 0.25) is 0 Å². The van der Waals surface area contributed by atoms with Crippen molar-refractivity contribution in [3.63, 3.8) is 0 Å². The fraction of sp³-hybridized carbons (Fsp3) is 0.833. The maximum Gasteiger partial charge on any atom is 0.0121 e. The van der Waals surface area contributed by atoms with Crippen molar-refractivity contribution in [1.82, 2.24) is 5.32 Å². The molecule has 0 aromatic carbocycles. The molecule has 0 aromatic rings. The Morgan fingerprint density at radius 2 is 2.23 bits per heavy atom. The first kappa shape index (κ1) is 10.6. The number of hydrogen-bond donors (Lipinski definition) is 1. The first-order valence-electron chi connectivity index (χ1n) is 5.40. The summed E-state index contributed by atoms with van der Waals surface area (Å²) in [6.07, 6.45) is 11.4. The summed E-state index contributed by atoms with van der Waals surface area (Å²) < 4.78 is 0. The van der Waals surface area contributed by atoms with E-state index in [1.807, 2.05) is 0 Å². The summed E-state index contributed by atoms with van der Waals surface area (Å²) in [5.41, 5.74) is 0.588. The van der Waals surface area contributed by atoms with Crippen LogP contribution in [0.1, 0.15) is 46.0 Å². The van der Waals surface area contributed by atoms with Crippen molar-refractivity contribution in [3.8, 4) is 12.3 Å². The summed E-state index contributed by atoms with van der Waals surface area (Å²) in [5.74, 6) is 2.71. The predicted molar refractivity (Wildman–Crippen MR) is 57.5 cm³/mol.